The molecule has 1 N–H and O–H groups in total. The number of aryl methyl sites for hydroxylation is 1. The van der Waals surface area contributed by atoms with Gasteiger partial charge in [0.15, 0.2) is 0 Å². The lowest BCUT2D eigenvalue weighted by atomic mass is 10.2. The van der Waals surface area contributed by atoms with E-state index < -0.39 is 0 Å². The molecule has 2 rings (SSSR count). The summed E-state index contributed by atoms with van der Waals surface area (Å²) in [7, 11) is 0. The molecule has 0 aliphatic carbocycles. The zero-order valence-electron chi connectivity index (χ0n) is 10.6. The number of hydrogen-bond donors (Lipinski definition) is 1. The van der Waals surface area contributed by atoms with E-state index in [0.29, 0.717) is 14.6 Å². The summed E-state index contributed by atoms with van der Waals surface area (Å²) in [6.45, 7) is 1.83. The van der Waals surface area contributed by atoms with Gasteiger partial charge in [0.2, 0.25) is 5.91 Å². The van der Waals surface area contributed by atoms with Crippen molar-refractivity contribution in [3.63, 3.8) is 0 Å². The van der Waals surface area contributed by atoms with Crippen molar-refractivity contribution < 1.29 is 4.79 Å². The van der Waals surface area contributed by atoms with Gasteiger partial charge in [-0.25, -0.2) is 4.68 Å². The van der Waals surface area contributed by atoms with Gasteiger partial charge in [-0.2, -0.15) is 5.10 Å². The Balaban J connectivity index is 2.11. The molecule has 0 fully saturated rings. The van der Waals surface area contributed by atoms with Crippen LogP contribution in [0, 0.1) is 6.92 Å². The second kappa shape index (κ2) is 6.32. The number of aromatic nitrogens is 2. The van der Waals surface area contributed by atoms with Crippen molar-refractivity contribution in [2.45, 2.75) is 13.5 Å². The molecule has 104 valence electrons. The predicted molar refractivity (Wildman–Crippen MR) is 83.7 cm³/mol. The number of nitrogens with zero attached hydrogens (tertiary/aromatic N) is 2. The minimum Gasteiger partial charge on any atom is -0.324 e. The summed E-state index contributed by atoms with van der Waals surface area (Å²) in [6, 6.07) is 7.41. The van der Waals surface area contributed by atoms with Crippen molar-refractivity contribution in [2.24, 2.45) is 0 Å². The number of anilines is 1. The van der Waals surface area contributed by atoms with E-state index in [4.69, 9.17) is 0 Å². The Morgan fingerprint density at radius 3 is 2.60 bits per heavy atom. The molecule has 0 aliphatic rings. The molecule has 5 nitrogen and oxygen atoms in total. The fraction of sp³-hybridized carbons (Fsp3) is 0.154. The molecule has 0 aliphatic heterocycles. The first kappa shape index (κ1) is 14.9. The number of rotatable bonds is 3. The fourth-order valence-corrected chi connectivity index (χ4v) is 2.10. The van der Waals surface area contributed by atoms with Gasteiger partial charge in [-0.1, -0.05) is 17.7 Å². The second-order valence-electron chi connectivity index (χ2n) is 4.18. The Hall–Kier alpha value is -1.47. The summed E-state index contributed by atoms with van der Waals surface area (Å²) in [5.74, 6) is -0.308. The maximum absolute atomic E-state index is 11.9. The van der Waals surface area contributed by atoms with E-state index in [-0.39, 0.29) is 18.0 Å². The molecule has 0 saturated carbocycles. The Labute approximate surface area is 132 Å². The van der Waals surface area contributed by atoms with Crippen LogP contribution in [0.1, 0.15) is 5.56 Å². The molecular formula is C13H11Br2N3O2. The summed E-state index contributed by atoms with van der Waals surface area (Å²) in [6.07, 6.45) is 1.46. The molecule has 0 radical (unpaired) electrons. The number of benzene rings is 1. The van der Waals surface area contributed by atoms with Gasteiger partial charge >= 0.3 is 0 Å². The van der Waals surface area contributed by atoms with Gasteiger partial charge < -0.3 is 5.32 Å². The highest BCUT2D eigenvalue weighted by Crippen LogP contribution is 2.16. The standard InChI is InChI=1S/C13H11Br2N3O2/c1-8-2-4-9(5-3-8)17-11(19)7-18-13(20)12(15)10(14)6-16-18/h2-6H,7H2,1H3,(H,17,19). The highest BCUT2D eigenvalue weighted by Gasteiger charge is 2.10. The van der Waals surface area contributed by atoms with Crippen molar-refractivity contribution in [3.05, 3.63) is 55.3 Å². The lowest BCUT2D eigenvalue weighted by Gasteiger charge is -2.07. The molecule has 0 bridgehead atoms. The van der Waals surface area contributed by atoms with Crippen LogP contribution in [0.4, 0.5) is 5.69 Å². The van der Waals surface area contributed by atoms with Gasteiger partial charge in [0, 0.05) is 5.69 Å². The second-order valence-corrected chi connectivity index (χ2v) is 5.83. The normalized spacial score (nSPS) is 10.3. The van der Waals surface area contributed by atoms with E-state index in [1.807, 2.05) is 19.1 Å². The molecule has 0 unspecified atom stereocenters. The third-order valence-corrected chi connectivity index (χ3v) is 4.47. The lowest BCUT2D eigenvalue weighted by Crippen LogP contribution is -2.30. The van der Waals surface area contributed by atoms with Crippen LogP contribution in [-0.2, 0) is 11.3 Å². The van der Waals surface area contributed by atoms with Crippen LogP contribution >= 0.6 is 31.9 Å². The van der Waals surface area contributed by atoms with Gasteiger partial charge in [0.05, 0.1) is 10.7 Å². The molecule has 0 atom stereocenters. The third-order valence-electron chi connectivity index (χ3n) is 2.57. The molecule has 0 saturated heterocycles. The molecule has 2 aromatic rings. The number of nitrogens with one attached hydrogen (secondary N) is 1. The van der Waals surface area contributed by atoms with Crippen LogP contribution in [0.15, 0.2) is 44.2 Å². The fourth-order valence-electron chi connectivity index (χ4n) is 1.53. The predicted octanol–water partition coefficient (Wildman–Crippen LogP) is 2.72. The maximum atomic E-state index is 11.9. The number of carbonyl (C=O) groups excluding carboxylic acids is 1. The first-order chi connectivity index (χ1) is 9.47. The summed E-state index contributed by atoms with van der Waals surface area (Å²) in [5.41, 5.74) is 1.43. The average Bonchev–Trinajstić information content (AvgIpc) is 2.42. The minimum atomic E-state index is -0.363. The molecule has 0 spiro atoms. The summed E-state index contributed by atoms with van der Waals surface area (Å²) in [4.78, 5) is 23.7. The van der Waals surface area contributed by atoms with Crippen molar-refractivity contribution in [1.29, 1.82) is 0 Å². The van der Waals surface area contributed by atoms with Crippen molar-refractivity contribution in [3.8, 4) is 0 Å². The summed E-state index contributed by atoms with van der Waals surface area (Å²) >= 11 is 6.33. The van der Waals surface area contributed by atoms with E-state index >= 15 is 0 Å². The van der Waals surface area contributed by atoms with Gasteiger partial charge in [-0.3, -0.25) is 9.59 Å². The van der Waals surface area contributed by atoms with E-state index in [1.54, 1.807) is 12.1 Å². The topological polar surface area (TPSA) is 64.0 Å². The molecule has 1 aromatic heterocycles. The van der Waals surface area contributed by atoms with Crippen LogP contribution in [0.3, 0.4) is 0 Å². The average molecular weight is 401 g/mol. The number of halogens is 2. The molecule has 20 heavy (non-hydrogen) atoms. The van der Waals surface area contributed by atoms with Gasteiger partial charge in [-0.15, -0.1) is 0 Å². The van der Waals surface area contributed by atoms with Crippen LogP contribution in [0.25, 0.3) is 0 Å². The molecule has 1 heterocycles. The maximum Gasteiger partial charge on any atom is 0.282 e. The number of hydrogen-bond acceptors (Lipinski definition) is 3. The third kappa shape index (κ3) is 3.55. The van der Waals surface area contributed by atoms with Gasteiger partial charge in [-0.05, 0) is 50.9 Å². The highest BCUT2D eigenvalue weighted by atomic mass is 79.9. The quantitative estimate of drug-likeness (QED) is 0.861. The van der Waals surface area contributed by atoms with Crippen molar-refractivity contribution >= 4 is 43.5 Å². The van der Waals surface area contributed by atoms with E-state index in [9.17, 15) is 9.59 Å². The number of amides is 1. The Bertz CT molecular complexity index is 696. The van der Waals surface area contributed by atoms with E-state index in [1.165, 1.54) is 6.20 Å². The highest BCUT2D eigenvalue weighted by molar-refractivity contribution is 9.13. The molecule has 1 aromatic carbocycles. The van der Waals surface area contributed by atoms with Crippen molar-refractivity contribution in [2.75, 3.05) is 5.32 Å². The van der Waals surface area contributed by atoms with Crippen LogP contribution in [0.2, 0.25) is 0 Å². The Morgan fingerprint density at radius 1 is 1.30 bits per heavy atom. The summed E-state index contributed by atoms with van der Waals surface area (Å²) in [5, 5.41) is 6.61. The molecule has 7 heteroatoms. The smallest absolute Gasteiger partial charge is 0.282 e. The van der Waals surface area contributed by atoms with Crippen LogP contribution in [-0.4, -0.2) is 15.7 Å². The first-order valence-electron chi connectivity index (χ1n) is 5.75. The largest absolute Gasteiger partial charge is 0.324 e. The van der Waals surface area contributed by atoms with Gasteiger partial charge in [0.1, 0.15) is 11.0 Å². The number of carbonyl (C=O) groups is 1. The van der Waals surface area contributed by atoms with E-state index in [0.717, 1.165) is 10.2 Å². The van der Waals surface area contributed by atoms with Gasteiger partial charge in [0.25, 0.3) is 5.56 Å². The monoisotopic (exact) mass is 399 g/mol. The lowest BCUT2D eigenvalue weighted by molar-refractivity contribution is -0.117. The van der Waals surface area contributed by atoms with Crippen molar-refractivity contribution in [1.82, 2.24) is 9.78 Å². The SMILES string of the molecule is Cc1ccc(NC(=O)Cn2ncc(Br)c(Br)c2=O)cc1. The zero-order chi connectivity index (χ0) is 14.7. The zero-order valence-corrected chi connectivity index (χ0v) is 13.7. The molecule has 1 amide bonds. The molecular weight excluding hydrogens is 390 g/mol. The first-order valence-corrected chi connectivity index (χ1v) is 7.33. The minimum absolute atomic E-state index is 0.140. The Kier molecular flexibility index (Phi) is 4.72. The summed E-state index contributed by atoms with van der Waals surface area (Å²) < 4.78 is 1.99. The Morgan fingerprint density at radius 2 is 1.95 bits per heavy atom. The van der Waals surface area contributed by atoms with E-state index in [2.05, 4.69) is 42.3 Å². The van der Waals surface area contributed by atoms with Crippen LogP contribution < -0.4 is 10.9 Å². The van der Waals surface area contributed by atoms with Crippen LogP contribution in [0.5, 0.6) is 0 Å².